The lowest BCUT2D eigenvalue weighted by molar-refractivity contribution is -0.384. The van der Waals surface area contributed by atoms with E-state index in [1.165, 1.54) is 29.1 Å². The normalized spacial score (nSPS) is 10.7. The second-order valence-corrected chi connectivity index (χ2v) is 6.37. The Hall–Kier alpha value is -4.09. The third kappa shape index (κ3) is 4.32. The molecule has 0 bridgehead atoms. The number of rotatable bonds is 7. The molecule has 1 aromatic carbocycles. The predicted molar refractivity (Wildman–Crippen MR) is 106 cm³/mol. The van der Waals surface area contributed by atoms with E-state index in [-0.39, 0.29) is 22.4 Å². The molecular weight excluding hydrogens is 394 g/mol. The van der Waals surface area contributed by atoms with Crippen molar-refractivity contribution in [2.24, 2.45) is 0 Å². The summed E-state index contributed by atoms with van der Waals surface area (Å²) in [6, 6.07) is 5.29. The molecule has 0 unspecified atom stereocenters. The molecule has 2 aromatic heterocycles. The maximum Gasteiger partial charge on any atom is 0.321 e. The van der Waals surface area contributed by atoms with Crippen LogP contribution in [0.2, 0.25) is 0 Å². The van der Waals surface area contributed by atoms with E-state index in [1.807, 2.05) is 6.92 Å². The van der Waals surface area contributed by atoms with Gasteiger partial charge >= 0.3 is 6.03 Å². The fourth-order valence-electron chi connectivity index (χ4n) is 2.78. The number of carbonyl (C=O) groups is 2. The number of hydrogen-bond acceptors (Lipinski definition) is 7. The standard InChI is InChI=1S/C18H19N7O5/c1-2-3-8-19-18(28)22-15(26)10-23-11-20-16-12(17(23)27)9-21-24(16)13-6-4-5-7-14(13)25(29)30/h4-7,9,11H,2-3,8,10H2,1H3,(H2,19,22,26,28). The van der Waals surface area contributed by atoms with Gasteiger partial charge in [-0.25, -0.2) is 14.5 Å². The molecule has 3 amide bonds. The van der Waals surface area contributed by atoms with E-state index in [4.69, 9.17) is 0 Å². The van der Waals surface area contributed by atoms with Crippen molar-refractivity contribution < 1.29 is 14.5 Å². The van der Waals surface area contributed by atoms with Gasteiger partial charge in [-0.2, -0.15) is 5.10 Å². The number of urea groups is 1. The van der Waals surface area contributed by atoms with Crippen molar-refractivity contribution in [1.82, 2.24) is 30.0 Å². The first-order valence-electron chi connectivity index (χ1n) is 9.17. The lowest BCUT2D eigenvalue weighted by atomic mass is 10.2. The number of benzene rings is 1. The van der Waals surface area contributed by atoms with Gasteiger partial charge in [0.2, 0.25) is 5.91 Å². The molecule has 0 saturated carbocycles. The number of nitrogens with one attached hydrogen (secondary N) is 2. The van der Waals surface area contributed by atoms with E-state index in [0.717, 1.165) is 23.7 Å². The lowest BCUT2D eigenvalue weighted by Crippen LogP contribution is -2.42. The Morgan fingerprint density at radius 3 is 2.77 bits per heavy atom. The summed E-state index contributed by atoms with van der Waals surface area (Å²) in [5.41, 5.74) is -0.486. The number of carbonyl (C=O) groups excluding carboxylic acids is 2. The molecule has 0 aliphatic rings. The maximum absolute atomic E-state index is 12.7. The van der Waals surface area contributed by atoms with Gasteiger partial charge in [-0.1, -0.05) is 25.5 Å². The number of hydrogen-bond donors (Lipinski definition) is 2. The largest absolute Gasteiger partial charge is 0.338 e. The maximum atomic E-state index is 12.7. The van der Waals surface area contributed by atoms with Crippen LogP contribution < -0.4 is 16.2 Å². The summed E-state index contributed by atoms with van der Waals surface area (Å²) in [7, 11) is 0. The van der Waals surface area contributed by atoms with Gasteiger partial charge in [-0.3, -0.25) is 29.6 Å². The minimum atomic E-state index is -0.682. The van der Waals surface area contributed by atoms with Crippen molar-refractivity contribution in [3.05, 3.63) is 57.3 Å². The average molecular weight is 413 g/mol. The van der Waals surface area contributed by atoms with Crippen molar-refractivity contribution in [2.45, 2.75) is 26.3 Å². The zero-order chi connectivity index (χ0) is 21.7. The number of para-hydroxylation sites is 2. The Kier molecular flexibility index (Phi) is 6.15. The zero-order valence-electron chi connectivity index (χ0n) is 16.1. The summed E-state index contributed by atoms with van der Waals surface area (Å²) in [6.45, 7) is 1.99. The molecule has 3 aromatic rings. The highest BCUT2D eigenvalue weighted by Gasteiger charge is 2.19. The molecule has 3 rings (SSSR count). The number of aromatic nitrogens is 4. The summed E-state index contributed by atoms with van der Waals surface area (Å²) in [5.74, 6) is -0.682. The van der Waals surface area contributed by atoms with Crippen molar-refractivity contribution in [3.63, 3.8) is 0 Å². The first kappa shape index (κ1) is 20.6. The summed E-state index contributed by atoms with van der Waals surface area (Å²) < 4.78 is 2.23. The van der Waals surface area contributed by atoms with Gasteiger partial charge in [0.15, 0.2) is 5.65 Å². The highest BCUT2D eigenvalue weighted by Crippen LogP contribution is 2.23. The van der Waals surface area contributed by atoms with Crippen molar-refractivity contribution in [1.29, 1.82) is 0 Å². The van der Waals surface area contributed by atoms with Crippen molar-refractivity contribution >= 4 is 28.7 Å². The highest BCUT2D eigenvalue weighted by molar-refractivity contribution is 5.94. The molecule has 12 nitrogen and oxygen atoms in total. The first-order chi connectivity index (χ1) is 14.4. The van der Waals surface area contributed by atoms with Crippen molar-refractivity contribution in [3.8, 4) is 5.69 Å². The number of nitro groups is 1. The number of nitro benzene ring substituents is 1. The highest BCUT2D eigenvalue weighted by atomic mass is 16.6. The summed E-state index contributed by atoms with van der Waals surface area (Å²) in [5, 5.41) is 20.1. The molecule has 0 saturated heterocycles. The molecule has 0 fully saturated rings. The second-order valence-electron chi connectivity index (χ2n) is 6.37. The number of unbranched alkanes of at least 4 members (excludes halogenated alkanes) is 1. The topological polar surface area (TPSA) is 154 Å². The van der Waals surface area contributed by atoms with E-state index in [1.54, 1.807) is 6.07 Å². The molecule has 0 spiro atoms. The van der Waals surface area contributed by atoms with Gasteiger partial charge in [0, 0.05) is 12.6 Å². The second kappa shape index (κ2) is 8.94. The van der Waals surface area contributed by atoms with Gasteiger partial charge < -0.3 is 5.32 Å². The molecule has 156 valence electrons. The number of imide groups is 1. The first-order valence-corrected chi connectivity index (χ1v) is 9.17. The van der Waals surface area contributed by atoms with E-state index >= 15 is 0 Å². The van der Waals surface area contributed by atoms with E-state index in [2.05, 4.69) is 20.7 Å². The van der Waals surface area contributed by atoms with Crippen LogP contribution in [0.1, 0.15) is 19.8 Å². The molecule has 0 aliphatic heterocycles. The van der Waals surface area contributed by atoms with Gasteiger partial charge in [0.25, 0.3) is 11.2 Å². The molecule has 2 heterocycles. The molecule has 2 N–H and O–H groups in total. The van der Waals surface area contributed by atoms with Crippen LogP contribution in [0.25, 0.3) is 16.7 Å². The molecule has 30 heavy (non-hydrogen) atoms. The zero-order valence-corrected chi connectivity index (χ0v) is 16.1. The smallest absolute Gasteiger partial charge is 0.321 e. The van der Waals surface area contributed by atoms with Gasteiger partial charge in [0.05, 0.1) is 11.1 Å². The molecular formula is C18H19N7O5. The Morgan fingerprint density at radius 1 is 1.27 bits per heavy atom. The fourth-order valence-corrected chi connectivity index (χ4v) is 2.78. The lowest BCUT2D eigenvalue weighted by Gasteiger charge is -2.08. The third-order valence-electron chi connectivity index (χ3n) is 4.24. The molecule has 0 radical (unpaired) electrons. The van der Waals surface area contributed by atoms with Gasteiger partial charge in [-0.05, 0) is 12.5 Å². The minimum absolute atomic E-state index is 0.0795. The Labute approximate surface area is 169 Å². The van der Waals surface area contributed by atoms with Crippen LogP contribution in [0.4, 0.5) is 10.5 Å². The van der Waals surface area contributed by atoms with Crippen LogP contribution in [0, 0.1) is 10.1 Å². The summed E-state index contributed by atoms with van der Waals surface area (Å²) in [4.78, 5) is 51.2. The monoisotopic (exact) mass is 413 g/mol. The fraction of sp³-hybridized carbons (Fsp3) is 0.278. The predicted octanol–water partition coefficient (Wildman–Crippen LogP) is 1.12. The SMILES string of the molecule is CCCCNC(=O)NC(=O)Cn1cnc2c(cnn2-c2ccccc2[N+](=O)[O-])c1=O. The minimum Gasteiger partial charge on any atom is -0.338 e. The third-order valence-corrected chi connectivity index (χ3v) is 4.24. The van der Waals surface area contributed by atoms with Crippen LogP contribution >= 0.6 is 0 Å². The molecule has 0 aliphatic carbocycles. The number of amides is 3. The summed E-state index contributed by atoms with van der Waals surface area (Å²) in [6.07, 6.45) is 4.04. The van der Waals surface area contributed by atoms with Crippen LogP contribution in [0.15, 0.2) is 41.6 Å². The number of nitrogens with zero attached hydrogens (tertiary/aromatic N) is 5. The van der Waals surface area contributed by atoms with Gasteiger partial charge in [0.1, 0.15) is 23.9 Å². The Morgan fingerprint density at radius 2 is 2.03 bits per heavy atom. The average Bonchev–Trinajstić information content (AvgIpc) is 3.15. The van der Waals surface area contributed by atoms with Gasteiger partial charge in [-0.15, -0.1) is 0 Å². The van der Waals surface area contributed by atoms with Crippen molar-refractivity contribution in [2.75, 3.05) is 6.54 Å². The number of fused-ring (bicyclic) bond motifs is 1. The Bertz CT molecular complexity index is 1170. The Balaban J connectivity index is 1.83. The van der Waals surface area contributed by atoms with E-state index in [0.29, 0.717) is 6.54 Å². The molecule has 12 heteroatoms. The van der Waals surface area contributed by atoms with E-state index in [9.17, 15) is 24.5 Å². The summed E-state index contributed by atoms with van der Waals surface area (Å²) >= 11 is 0. The molecule has 0 atom stereocenters. The van der Waals surface area contributed by atoms with Crippen LogP contribution in [0.5, 0.6) is 0 Å². The van der Waals surface area contributed by atoms with Crippen LogP contribution in [-0.4, -0.2) is 42.7 Å². The van der Waals surface area contributed by atoms with Crippen LogP contribution in [0.3, 0.4) is 0 Å². The quantitative estimate of drug-likeness (QED) is 0.334. The van der Waals surface area contributed by atoms with Crippen LogP contribution in [-0.2, 0) is 11.3 Å². The van der Waals surface area contributed by atoms with E-state index < -0.39 is 29.0 Å².